The number of nitrogens with one attached hydrogen (secondary N) is 1. The molecule has 0 spiro atoms. The topological polar surface area (TPSA) is 102 Å². The molecule has 1 unspecified atom stereocenters. The molecule has 3 rings (SSSR count). The Morgan fingerprint density at radius 3 is 2.68 bits per heavy atom. The highest BCUT2D eigenvalue weighted by molar-refractivity contribution is 6.06. The van der Waals surface area contributed by atoms with Crippen molar-refractivity contribution in [1.82, 2.24) is 0 Å². The van der Waals surface area contributed by atoms with Crippen molar-refractivity contribution in [2.75, 3.05) is 16.8 Å². The first-order chi connectivity index (χ1) is 13.3. The average molecular weight is 383 g/mol. The monoisotopic (exact) mass is 383 g/mol. The molecule has 1 heterocycles. The zero-order valence-corrected chi connectivity index (χ0v) is 15.8. The van der Waals surface area contributed by atoms with Crippen LogP contribution in [-0.2, 0) is 9.59 Å². The second-order valence-corrected chi connectivity index (χ2v) is 7.03. The minimum atomic E-state index is -0.763. The van der Waals surface area contributed by atoms with Crippen molar-refractivity contribution >= 4 is 28.9 Å². The molecule has 2 amide bonds. The summed E-state index contributed by atoms with van der Waals surface area (Å²) >= 11 is 0. The molecule has 28 heavy (non-hydrogen) atoms. The van der Waals surface area contributed by atoms with Gasteiger partial charge in [-0.3, -0.25) is 24.6 Å². The summed E-state index contributed by atoms with van der Waals surface area (Å²) in [7, 11) is 0. The molecule has 1 aliphatic rings. The second kappa shape index (κ2) is 7.67. The summed E-state index contributed by atoms with van der Waals surface area (Å²) in [6.07, 6.45) is -0.763. The first-order valence-corrected chi connectivity index (χ1v) is 8.89. The van der Waals surface area contributed by atoms with Crippen LogP contribution in [0.4, 0.5) is 17.1 Å². The van der Waals surface area contributed by atoms with E-state index in [4.69, 9.17) is 4.74 Å². The van der Waals surface area contributed by atoms with Gasteiger partial charge < -0.3 is 10.1 Å². The Balaban J connectivity index is 1.91. The van der Waals surface area contributed by atoms with Crippen molar-refractivity contribution in [3.63, 3.8) is 0 Å². The highest BCUT2D eigenvalue weighted by Crippen LogP contribution is 2.38. The molecule has 8 nitrogen and oxygen atoms in total. The smallest absolute Gasteiger partial charge is 0.271 e. The van der Waals surface area contributed by atoms with Gasteiger partial charge in [-0.05, 0) is 36.6 Å². The van der Waals surface area contributed by atoms with Gasteiger partial charge in [-0.25, -0.2) is 0 Å². The van der Waals surface area contributed by atoms with E-state index in [0.717, 1.165) is 5.56 Å². The molecule has 2 aromatic rings. The van der Waals surface area contributed by atoms with Crippen LogP contribution >= 0.6 is 0 Å². The fourth-order valence-corrected chi connectivity index (χ4v) is 3.04. The van der Waals surface area contributed by atoms with Crippen LogP contribution in [-0.4, -0.2) is 29.4 Å². The zero-order valence-electron chi connectivity index (χ0n) is 15.8. The highest BCUT2D eigenvalue weighted by atomic mass is 16.6. The number of ether oxygens (including phenoxy) is 1. The van der Waals surface area contributed by atoms with Crippen molar-refractivity contribution in [1.29, 1.82) is 0 Å². The van der Waals surface area contributed by atoms with Crippen LogP contribution in [0.1, 0.15) is 19.4 Å². The number of carbonyl (C=O) groups excluding carboxylic acids is 2. The quantitative estimate of drug-likeness (QED) is 0.630. The lowest BCUT2D eigenvalue weighted by atomic mass is 10.0. The SMILES string of the molecule is Cc1cccc(NC(=O)CN2C(=O)C(C(C)C)Oc3ccc([N+](=O)[O-])cc32)c1. The Hall–Kier alpha value is -3.42. The summed E-state index contributed by atoms with van der Waals surface area (Å²) in [6.45, 7) is 5.31. The van der Waals surface area contributed by atoms with Crippen LogP contribution in [0.25, 0.3) is 0 Å². The van der Waals surface area contributed by atoms with E-state index in [1.807, 2.05) is 39.0 Å². The minimum absolute atomic E-state index is 0.127. The normalized spacial score (nSPS) is 15.8. The predicted molar refractivity (Wildman–Crippen MR) is 105 cm³/mol. The molecule has 0 bridgehead atoms. The molecular weight excluding hydrogens is 362 g/mol. The van der Waals surface area contributed by atoms with Gasteiger partial charge in [0.15, 0.2) is 6.10 Å². The molecule has 0 fully saturated rings. The van der Waals surface area contributed by atoms with Crippen LogP contribution in [0, 0.1) is 23.0 Å². The van der Waals surface area contributed by atoms with Gasteiger partial charge in [-0.15, -0.1) is 0 Å². The number of hydrogen-bond acceptors (Lipinski definition) is 5. The number of anilines is 2. The lowest BCUT2D eigenvalue weighted by Gasteiger charge is -2.35. The lowest BCUT2D eigenvalue weighted by Crippen LogP contribution is -2.50. The maximum absolute atomic E-state index is 12.9. The van der Waals surface area contributed by atoms with Gasteiger partial charge in [0.1, 0.15) is 12.3 Å². The van der Waals surface area contributed by atoms with Crippen molar-refractivity contribution in [3.8, 4) is 5.75 Å². The molecule has 0 radical (unpaired) electrons. The molecule has 0 saturated carbocycles. The number of fused-ring (bicyclic) bond motifs is 1. The second-order valence-electron chi connectivity index (χ2n) is 7.03. The first kappa shape index (κ1) is 19.3. The molecule has 0 saturated heterocycles. The summed E-state index contributed by atoms with van der Waals surface area (Å²) in [4.78, 5) is 37.3. The molecule has 1 aliphatic heterocycles. The maximum atomic E-state index is 12.9. The number of nitro groups is 1. The Labute approximate surface area is 162 Å². The van der Waals surface area contributed by atoms with Crippen LogP contribution in [0.5, 0.6) is 5.75 Å². The van der Waals surface area contributed by atoms with Gasteiger partial charge in [0.05, 0.1) is 10.6 Å². The number of carbonyl (C=O) groups is 2. The molecule has 1 N–H and O–H groups in total. The van der Waals surface area contributed by atoms with Crippen LogP contribution in [0.15, 0.2) is 42.5 Å². The number of benzene rings is 2. The summed E-state index contributed by atoms with van der Waals surface area (Å²) in [5, 5.41) is 13.9. The molecule has 0 aliphatic carbocycles. The summed E-state index contributed by atoms with van der Waals surface area (Å²) in [5.41, 5.74) is 1.64. The van der Waals surface area contributed by atoms with E-state index in [0.29, 0.717) is 11.4 Å². The van der Waals surface area contributed by atoms with E-state index in [9.17, 15) is 19.7 Å². The standard InChI is InChI=1S/C20H21N3O5/c1-12(2)19-20(25)22(11-18(24)21-14-6-4-5-13(3)9-14)16-10-15(23(26)27)7-8-17(16)28-19/h4-10,12,19H,11H2,1-3H3,(H,21,24). The van der Waals surface area contributed by atoms with Gasteiger partial charge in [-0.1, -0.05) is 26.0 Å². The van der Waals surface area contributed by atoms with Crippen molar-refractivity contribution in [3.05, 3.63) is 58.1 Å². The Morgan fingerprint density at radius 2 is 2.04 bits per heavy atom. The van der Waals surface area contributed by atoms with Gasteiger partial charge in [-0.2, -0.15) is 0 Å². The maximum Gasteiger partial charge on any atom is 0.271 e. The number of rotatable bonds is 5. The van der Waals surface area contributed by atoms with Crippen LogP contribution < -0.4 is 15.0 Å². The van der Waals surface area contributed by atoms with E-state index in [-0.39, 0.29) is 23.8 Å². The van der Waals surface area contributed by atoms with E-state index < -0.39 is 22.8 Å². The fourth-order valence-electron chi connectivity index (χ4n) is 3.04. The third kappa shape index (κ3) is 3.95. The van der Waals surface area contributed by atoms with Crippen molar-refractivity contribution < 1.29 is 19.2 Å². The highest BCUT2D eigenvalue weighted by Gasteiger charge is 2.38. The Morgan fingerprint density at radius 1 is 1.29 bits per heavy atom. The fraction of sp³-hybridized carbons (Fsp3) is 0.300. The third-order valence-corrected chi connectivity index (χ3v) is 4.42. The number of nitrogens with zero attached hydrogens (tertiary/aromatic N) is 2. The molecule has 8 heteroatoms. The van der Waals surface area contributed by atoms with Gasteiger partial charge >= 0.3 is 0 Å². The lowest BCUT2D eigenvalue weighted by molar-refractivity contribution is -0.384. The third-order valence-electron chi connectivity index (χ3n) is 4.42. The predicted octanol–water partition coefficient (Wildman–Crippen LogP) is 3.29. The van der Waals surface area contributed by atoms with Gasteiger partial charge in [0.2, 0.25) is 5.91 Å². The van der Waals surface area contributed by atoms with Crippen LogP contribution in [0.2, 0.25) is 0 Å². The number of hydrogen-bond donors (Lipinski definition) is 1. The van der Waals surface area contributed by atoms with E-state index in [2.05, 4.69) is 5.32 Å². The summed E-state index contributed by atoms with van der Waals surface area (Å²) in [5.74, 6) is -0.589. The average Bonchev–Trinajstić information content (AvgIpc) is 2.63. The van der Waals surface area contributed by atoms with E-state index in [1.165, 1.54) is 23.1 Å². The molecular formula is C20H21N3O5. The minimum Gasteiger partial charge on any atom is -0.478 e. The Kier molecular flexibility index (Phi) is 5.30. The summed E-state index contributed by atoms with van der Waals surface area (Å²) < 4.78 is 5.74. The van der Waals surface area contributed by atoms with E-state index >= 15 is 0 Å². The van der Waals surface area contributed by atoms with E-state index in [1.54, 1.807) is 6.07 Å². The number of non-ortho nitro benzene ring substituents is 1. The number of amides is 2. The molecule has 146 valence electrons. The molecule has 2 aromatic carbocycles. The molecule has 1 atom stereocenters. The first-order valence-electron chi connectivity index (χ1n) is 8.89. The van der Waals surface area contributed by atoms with Gasteiger partial charge in [0.25, 0.3) is 11.6 Å². The van der Waals surface area contributed by atoms with Gasteiger partial charge in [0, 0.05) is 17.8 Å². The van der Waals surface area contributed by atoms with Crippen molar-refractivity contribution in [2.24, 2.45) is 5.92 Å². The number of aryl methyl sites for hydroxylation is 1. The number of nitro benzene ring substituents is 1. The van der Waals surface area contributed by atoms with Crippen molar-refractivity contribution in [2.45, 2.75) is 26.9 Å². The largest absolute Gasteiger partial charge is 0.478 e. The Bertz CT molecular complexity index is 941. The van der Waals surface area contributed by atoms with Crippen LogP contribution in [0.3, 0.4) is 0 Å². The molecule has 0 aromatic heterocycles. The zero-order chi connectivity index (χ0) is 20.4. The summed E-state index contributed by atoms with van der Waals surface area (Å²) in [6, 6.07) is 11.3.